The molecule has 23 heavy (non-hydrogen) atoms. The van der Waals surface area contributed by atoms with Crippen molar-refractivity contribution in [2.75, 3.05) is 7.05 Å². The fraction of sp³-hybridized carbons (Fsp3) is 0.263. The van der Waals surface area contributed by atoms with Crippen LogP contribution in [-0.2, 0) is 11.2 Å². The van der Waals surface area contributed by atoms with Crippen LogP contribution in [0.15, 0.2) is 54.6 Å². The van der Waals surface area contributed by atoms with E-state index in [4.69, 9.17) is 0 Å². The zero-order chi connectivity index (χ0) is 16.2. The average molecular weight is 324 g/mol. The van der Waals surface area contributed by atoms with Crippen LogP contribution in [0.2, 0.25) is 0 Å². The summed E-state index contributed by atoms with van der Waals surface area (Å²) in [4.78, 5) is 18.9. The molecular formula is C19H20N2OS. The maximum absolute atomic E-state index is 12.4. The highest BCUT2D eigenvalue weighted by Crippen LogP contribution is 2.23. The number of aromatic nitrogens is 1. The van der Waals surface area contributed by atoms with E-state index in [0.717, 1.165) is 16.1 Å². The van der Waals surface area contributed by atoms with Crippen LogP contribution in [0.1, 0.15) is 30.0 Å². The van der Waals surface area contributed by atoms with Crippen molar-refractivity contribution in [3.63, 3.8) is 0 Å². The van der Waals surface area contributed by atoms with Gasteiger partial charge in [-0.25, -0.2) is 4.98 Å². The zero-order valence-electron chi connectivity index (χ0n) is 13.4. The van der Waals surface area contributed by atoms with Gasteiger partial charge in [-0.2, -0.15) is 0 Å². The van der Waals surface area contributed by atoms with Crippen molar-refractivity contribution in [3.05, 3.63) is 65.2 Å². The van der Waals surface area contributed by atoms with Crippen LogP contribution in [-0.4, -0.2) is 22.8 Å². The molecule has 3 nitrogen and oxygen atoms in total. The molecule has 3 rings (SSSR count). The van der Waals surface area contributed by atoms with E-state index in [1.165, 1.54) is 4.70 Å². The number of hydrogen-bond acceptors (Lipinski definition) is 3. The van der Waals surface area contributed by atoms with E-state index in [9.17, 15) is 4.79 Å². The topological polar surface area (TPSA) is 33.2 Å². The van der Waals surface area contributed by atoms with E-state index in [0.29, 0.717) is 12.8 Å². The number of nitrogens with zero attached hydrogens (tertiary/aromatic N) is 2. The lowest BCUT2D eigenvalue weighted by atomic mass is 10.1. The van der Waals surface area contributed by atoms with Crippen molar-refractivity contribution in [1.82, 2.24) is 9.88 Å². The Morgan fingerprint density at radius 3 is 2.57 bits per heavy atom. The summed E-state index contributed by atoms with van der Waals surface area (Å²) in [7, 11) is 1.87. The molecular weight excluding hydrogens is 304 g/mol. The predicted molar refractivity (Wildman–Crippen MR) is 95.6 cm³/mol. The summed E-state index contributed by atoms with van der Waals surface area (Å²) in [6, 6.07) is 18.3. The van der Waals surface area contributed by atoms with Crippen molar-refractivity contribution in [2.45, 2.75) is 25.8 Å². The van der Waals surface area contributed by atoms with Gasteiger partial charge in [-0.1, -0.05) is 42.5 Å². The summed E-state index contributed by atoms with van der Waals surface area (Å²) in [6.07, 6.45) is 1.19. The van der Waals surface area contributed by atoms with E-state index in [1.54, 1.807) is 11.3 Å². The number of amides is 1. The van der Waals surface area contributed by atoms with E-state index < -0.39 is 0 Å². The third-order valence-electron chi connectivity index (χ3n) is 4.15. The van der Waals surface area contributed by atoms with Crippen molar-refractivity contribution in [3.8, 4) is 0 Å². The summed E-state index contributed by atoms with van der Waals surface area (Å²) < 4.78 is 1.18. The first-order chi connectivity index (χ1) is 11.1. The molecule has 0 fully saturated rings. The highest BCUT2D eigenvalue weighted by molar-refractivity contribution is 7.18. The first-order valence-corrected chi connectivity index (χ1v) is 8.62. The Bertz CT molecular complexity index is 764. The molecule has 118 valence electrons. The van der Waals surface area contributed by atoms with Gasteiger partial charge in [-0.15, -0.1) is 11.3 Å². The predicted octanol–water partition coefficient (Wildman–Crippen LogP) is 4.45. The number of fused-ring (bicyclic) bond motifs is 1. The number of aryl methyl sites for hydroxylation is 1. The van der Waals surface area contributed by atoms with Gasteiger partial charge in [0.05, 0.1) is 21.3 Å². The van der Waals surface area contributed by atoms with Gasteiger partial charge in [0, 0.05) is 19.9 Å². The first-order valence-electron chi connectivity index (χ1n) is 7.80. The minimum absolute atomic E-state index is 0.0825. The number of thiazole rings is 1. The highest BCUT2D eigenvalue weighted by atomic mass is 32.1. The van der Waals surface area contributed by atoms with Crippen LogP contribution in [0.25, 0.3) is 10.2 Å². The summed E-state index contributed by atoms with van der Waals surface area (Å²) in [5, 5.41) is 1.03. The molecule has 0 aliphatic carbocycles. The minimum Gasteiger partial charge on any atom is -0.339 e. The van der Waals surface area contributed by atoms with Gasteiger partial charge in [-0.05, 0) is 24.6 Å². The summed E-state index contributed by atoms with van der Waals surface area (Å²) >= 11 is 1.67. The second-order valence-electron chi connectivity index (χ2n) is 5.67. The zero-order valence-corrected chi connectivity index (χ0v) is 14.2. The Morgan fingerprint density at radius 1 is 1.13 bits per heavy atom. The van der Waals surface area contributed by atoms with Gasteiger partial charge in [-0.3, -0.25) is 4.79 Å². The highest BCUT2D eigenvalue weighted by Gasteiger charge is 2.17. The van der Waals surface area contributed by atoms with Crippen molar-refractivity contribution in [2.24, 2.45) is 0 Å². The van der Waals surface area contributed by atoms with Gasteiger partial charge in [0.25, 0.3) is 0 Å². The smallest absolute Gasteiger partial charge is 0.223 e. The third kappa shape index (κ3) is 3.59. The Morgan fingerprint density at radius 2 is 1.83 bits per heavy atom. The molecule has 4 heteroatoms. The molecule has 0 spiro atoms. The lowest BCUT2D eigenvalue weighted by Crippen LogP contribution is -2.29. The van der Waals surface area contributed by atoms with Crippen LogP contribution < -0.4 is 0 Å². The fourth-order valence-electron chi connectivity index (χ4n) is 2.59. The van der Waals surface area contributed by atoms with Gasteiger partial charge in [0.15, 0.2) is 0 Å². The van der Waals surface area contributed by atoms with Gasteiger partial charge in [0.1, 0.15) is 0 Å². The molecule has 0 saturated carbocycles. The number of benzene rings is 2. The summed E-state index contributed by atoms with van der Waals surface area (Å²) in [5.41, 5.74) is 2.18. The second-order valence-corrected chi connectivity index (χ2v) is 6.78. The van der Waals surface area contributed by atoms with Gasteiger partial charge < -0.3 is 4.90 Å². The van der Waals surface area contributed by atoms with E-state index in [2.05, 4.69) is 30.1 Å². The average Bonchev–Trinajstić information content (AvgIpc) is 3.02. The first kappa shape index (κ1) is 15.7. The molecule has 1 atom stereocenters. The normalized spacial score (nSPS) is 12.3. The molecule has 0 unspecified atom stereocenters. The quantitative estimate of drug-likeness (QED) is 0.695. The SMILES string of the molecule is C[C@H](c1ccccc1)N(C)C(=O)CCc1nc2ccccc2s1. The van der Waals surface area contributed by atoms with Crippen LogP contribution in [0.4, 0.5) is 0 Å². The van der Waals surface area contributed by atoms with E-state index >= 15 is 0 Å². The van der Waals surface area contributed by atoms with Gasteiger partial charge >= 0.3 is 0 Å². The molecule has 0 aliphatic heterocycles. The van der Waals surface area contributed by atoms with E-state index in [-0.39, 0.29) is 11.9 Å². The summed E-state index contributed by atoms with van der Waals surface area (Å²) in [6.45, 7) is 2.06. The standard InChI is InChI=1S/C19H20N2OS/c1-14(15-8-4-3-5-9-15)21(2)19(22)13-12-18-20-16-10-6-7-11-17(16)23-18/h3-11,14H,12-13H2,1-2H3/t14-/m1/s1. The molecule has 1 heterocycles. The van der Waals surface area contributed by atoms with Gasteiger partial charge in [0.2, 0.25) is 5.91 Å². The van der Waals surface area contributed by atoms with Crippen molar-refractivity contribution in [1.29, 1.82) is 0 Å². The largest absolute Gasteiger partial charge is 0.339 e. The monoisotopic (exact) mass is 324 g/mol. The molecule has 3 aromatic rings. The molecule has 1 amide bonds. The lowest BCUT2D eigenvalue weighted by molar-refractivity contribution is -0.131. The van der Waals surface area contributed by atoms with Crippen molar-refractivity contribution < 1.29 is 4.79 Å². The Labute approximate surface area is 140 Å². The third-order valence-corrected chi connectivity index (χ3v) is 5.24. The summed E-state index contributed by atoms with van der Waals surface area (Å²) in [5.74, 6) is 0.153. The van der Waals surface area contributed by atoms with Crippen LogP contribution in [0.5, 0.6) is 0 Å². The number of rotatable bonds is 5. The molecule has 0 N–H and O–H groups in total. The number of carbonyl (C=O) groups excluding carboxylic acids is 1. The molecule has 2 aromatic carbocycles. The molecule has 0 aliphatic rings. The number of hydrogen-bond donors (Lipinski definition) is 0. The van der Waals surface area contributed by atoms with Crippen molar-refractivity contribution >= 4 is 27.5 Å². The van der Waals surface area contributed by atoms with E-state index in [1.807, 2.05) is 48.3 Å². The van der Waals surface area contributed by atoms with Crippen LogP contribution in [0.3, 0.4) is 0 Å². The number of para-hydroxylation sites is 1. The lowest BCUT2D eigenvalue weighted by Gasteiger charge is -2.25. The minimum atomic E-state index is 0.0825. The van der Waals surface area contributed by atoms with Crippen LogP contribution >= 0.6 is 11.3 Å². The maximum Gasteiger partial charge on any atom is 0.223 e. The second kappa shape index (κ2) is 6.92. The molecule has 0 bridgehead atoms. The molecule has 1 aromatic heterocycles. The molecule has 0 saturated heterocycles. The fourth-order valence-corrected chi connectivity index (χ4v) is 3.56. The Balaban J connectivity index is 1.62. The number of carbonyl (C=O) groups is 1. The maximum atomic E-state index is 12.4. The Kier molecular flexibility index (Phi) is 4.72. The van der Waals surface area contributed by atoms with Crippen LogP contribution in [0, 0.1) is 0 Å². The molecule has 0 radical (unpaired) electrons. The Hall–Kier alpha value is -2.20.